The van der Waals surface area contributed by atoms with Gasteiger partial charge in [0.15, 0.2) is 5.92 Å². The van der Waals surface area contributed by atoms with Gasteiger partial charge in [0.05, 0.1) is 6.10 Å². The molecule has 7 heteroatoms. The summed E-state index contributed by atoms with van der Waals surface area (Å²) in [5.74, 6) is -4.46. The Morgan fingerprint density at radius 2 is 1.58 bits per heavy atom. The molecule has 0 radical (unpaired) electrons. The minimum absolute atomic E-state index is 0.107. The second-order valence-electron chi connectivity index (χ2n) is 5.25. The molecule has 0 aromatic carbocycles. The lowest BCUT2D eigenvalue weighted by Gasteiger charge is -2.36. The van der Waals surface area contributed by atoms with Gasteiger partial charge in [0.25, 0.3) is 0 Å². The van der Waals surface area contributed by atoms with E-state index in [1.54, 1.807) is 0 Å². The molecule has 1 rings (SSSR count). The third kappa shape index (κ3) is 4.26. The number of halogens is 6. The average Bonchev–Trinajstić information content (AvgIpc) is 2.25. The van der Waals surface area contributed by atoms with Crippen LogP contribution >= 0.6 is 0 Å². The van der Waals surface area contributed by atoms with Gasteiger partial charge in [0, 0.05) is 0 Å². The summed E-state index contributed by atoms with van der Waals surface area (Å²) in [6.07, 6.45) is -10.8. The summed E-state index contributed by atoms with van der Waals surface area (Å²) in [6.45, 7) is 1.85. The predicted octanol–water partition coefficient (Wildman–Crippen LogP) is 4.30. The van der Waals surface area contributed by atoms with Crippen molar-refractivity contribution in [2.45, 2.75) is 57.5 Å². The van der Waals surface area contributed by atoms with Gasteiger partial charge in [-0.3, -0.25) is 0 Å². The highest BCUT2D eigenvalue weighted by Crippen LogP contribution is 2.46. The van der Waals surface area contributed by atoms with Gasteiger partial charge < -0.3 is 5.11 Å². The summed E-state index contributed by atoms with van der Waals surface area (Å²) in [4.78, 5) is 0. The van der Waals surface area contributed by atoms with Crippen molar-refractivity contribution in [3.8, 4) is 0 Å². The molecule has 1 nitrogen and oxygen atoms in total. The minimum Gasteiger partial charge on any atom is -0.392 e. The fourth-order valence-electron chi connectivity index (χ4n) is 2.86. The maximum absolute atomic E-state index is 12.5. The summed E-state index contributed by atoms with van der Waals surface area (Å²) in [7, 11) is 0. The van der Waals surface area contributed by atoms with E-state index in [-0.39, 0.29) is 18.8 Å². The number of aliphatic hydroxyl groups is 1. The van der Waals surface area contributed by atoms with Crippen LogP contribution in [0.2, 0.25) is 0 Å². The SMILES string of the molecule is CCC1CCCC(C(O)C(C(F)(F)F)C(F)(F)F)C1. The molecule has 0 aromatic rings. The van der Waals surface area contributed by atoms with E-state index in [0.29, 0.717) is 12.8 Å². The monoisotopic (exact) mass is 292 g/mol. The Kier molecular flexibility index (Phi) is 5.15. The van der Waals surface area contributed by atoms with Crippen LogP contribution in [0.5, 0.6) is 0 Å². The van der Waals surface area contributed by atoms with E-state index >= 15 is 0 Å². The van der Waals surface area contributed by atoms with Crippen LogP contribution in [-0.2, 0) is 0 Å². The average molecular weight is 292 g/mol. The van der Waals surface area contributed by atoms with Gasteiger partial charge in [-0.1, -0.05) is 26.2 Å². The zero-order valence-corrected chi connectivity index (χ0v) is 10.6. The van der Waals surface area contributed by atoms with Crippen LogP contribution in [0, 0.1) is 17.8 Å². The Morgan fingerprint density at radius 1 is 1.05 bits per heavy atom. The fourth-order valence-corrected chi connectivity index (χ4v) is 2.86. The summed E-state index contributed by atoms with van der Waals surface area (Å²) in [6, 6.07) is 0. The van der Waals surface area contributed by atoms with Gasteiger partial charge in [0.2, 0.25) is 0 Å². The molecule has 0 heterocycles. The van der Waals surface area contributed by atoms with E-state index in [1.165, 1.54) is 0 Å². The second-order valence-corrected chi connectivity index (χ2v) is 5.25. The standard InChI is InChI=1S/C12H18F6O/c1-2-7-4-3-5-8(6-7)9(19)10(11(13,14)15)12(16,17)18/h7-10,19H,2-6H2,1H3. The Labute approximate surface area is 108 Å². The van der Waals surface area contributed by atoms with Crippen molar-refractivity contribution in [3.05, 3.63) is 0 Å². The number of hydrogen-bond acceptors (Lipinski definition) is 1. The Balaban J connectivity index is 2.85. The highest BCUT2D eigenvalue weighted by Gasteiger charge is 2.61. The summed E-state index contributed by atoms with van der Waals surface area (Å²) in [5, 5.41) is 9.58. The Hall–Kier alpha value is -0.460. The van der Waals surface area contributed by atoms with Crippen LogP contribution in [-0.4, -0.2) is 23.6 Å². The largest absolute Gasteiger partial charge is 0.403 e. The first-order valence-electron chi connectivity index (χ1n) is 6.38. The molecular formula is C12H18F6O. The molecule has 0 spiro atoms. The van der Waals surface area contributed by atoms with Crippen molar-refractivity contribution >= 4 is 0 Å². The fraction of sp³-hybridized carbons (Fsp3) is 1.00. The lowest BCUT2D eigenvalue weighted by atomic mass is 9.74. The molecule has 19 heavy (non-hydrogen) atoms. The first-order valence-corrected chi connectivity index (χ1v) is 6.38. The Morgan fingerprint density at radius 3 is 2.00 bits per heavy atom. The van der Waals surface area contributed by atoms with Crippen molar-refractivity contribution in [2.24, 2.45) is 17.8 Å². The van der Waals surface area contributed by atoms with Gasteiger partial charge in [-0.05, 0) is 24.7 Å². The Bertz CT molecular complexity index is 271. The highest BCUT2D eigenvalue weighted by atomic mass is 19.4. The van der Waals surface area contributed by atoms with Crippen molar-refractivity contribution < 1.29 is 31.4 Å². The normalized spacial score (nSPS) is 27.6. The molecule has 0 saturated heterocycles. The predicted molar refractivity (Wildman–Crippen MR) is 57.3 cm³/mol. The lowest BCUT2D eigenvalue weighted by Crippen LogP contribution is -2.48. The highest BCUT2D eigenvalue weighted by molar-refractivity contribution is 4.88. The molecule has 0 amide bonds. The molecular weight excluding hydrogens is 274 g/mol. The van der Waals surface area contributed by atoms with E-state index < -0.39 is 30.3 Å². The molecule has 1 aliphatic rings. The van der Waals surface area contributed by atoms with E-state index in [1.807, 2.05) is 6.92 Å². The van der Waals surface area contributed by atoms with Crippen LogP contribution in [0.1, 0.15) is 39.0 Å². The van der Waals surface area contributed by atoms with Crippen molar-refractivity contribution in [1.29, 1.82) is 0 Å². The number of alkyl halides is 6. The van der Waals surface area contributed by atoms with E-state index in [4.69, 9.17) is 0 Å². The van der Waals surface area contributed by atoms with Crippen molar-refractivity contribution in [3.63, 3.8) is 0 Å². The van der Waals surface area contributed by atoms with E-state index in [9.17, 15) is 31.4 Å². The number of hydrogen-bond donors (Lipinski definition) is 1. The zero-order chi connectivity index (χ0) is 14.8. The lowest BCUT2D eigenvalue weighted by molar-refractivity contribution is -0.312. The van der Waals surface area contributed by atoms with Gasteiger partial charge in [-0.15, -0.1) is 0 Å². The number of rotatable bonds is 3. The van der Waals surface area contributed by atoms with Crippen LogP contribution in [0.3, 0.4) is 0 Å². The van der Waals surface area contributed by atoms with Crippen LogP contribution in [0.25, 0.3) is 0 Å². The first kappa shape index (κ1) is 16.6. The number of aliphatic hydroxyl groups excluding tert-OH is 1. The molecule has 1 N–H and O–H groups in total. The molecule has 1 aliphatic carbocycles. The van der Waals surface area contributed by atoms with Gasteiger partial charge >= 0.3 is 12.4 Å². The first-order chi connectivity index (χ1) is 8.57. The van der Waals surface area contributed by atoms with Gasteiger partial charge in [0.1, 0.15) is 0 Å². The topological polar surface area (TPSA) is 20.2 Å². The van der Waals surface area contributed by atoms with E-state index in [2.05, 4.69) is 0 Å². The van der Waals surface area contributed by atoms with Gasteiger partial charge in [-0.25, -0.2) is 0 Å². The third-order valence-corrected chi connectivity index (χ3v) is 3.93. The maximum Gasteiger partial charge on any atom is 0.403 e. The second kappa shape index (κ2) is 5.89. The summed E-state index contributed by atoms with van der Waals surface area (Å²) in [5.41, 5.74) is 0. The van der Waals surface area contributed by atoms with Crippen LogP contribution < -0.4 is 0 Å². The zero-order valence-electron chi connectivity index (χ0n) is 10.6. The molecule has 3 unspecified atom stereocenters. The molecule has 0 bridgehead atoms. The van der Waals surface area contributed by atoms with Crippen molar-refractivity contribution in [2.75, 3.05) is 0 Å². The smallest absolute Gasteiger partial charge is 0.392 e. The molecule has 0 aliphatic heterocycles. The summed E-state index contributed by atoms with van der Waals surface area (Å²) >= 11 is 0. The molecule has 3 atom stereocenters. The molecule has 1 fully saturated rings. The van der Waals surface area contributed by atoms with E-state index in [0.717, 1.165) is 6.42 Å². The quantitative estimate of drug-likeness (QED) is 0.769. The molecule has 114 valence electrons. The maximum atomic E-state index is 12.5. The molecule has 1 saturated carbocycles. The van der Waals surface area contributed by atoms with Crippen molar-refractivity contribution in [1.82, 2.24) is 0 Å². The van der Waals surface area contributed by atoms with Crippen LogP contribution in [0.4, 0.5) is 26.3 Å². The summed E-state index contributed by atoms with van der Waals surface area (Å²) < 4.78 is 75.1. The van der Waals surface area contributed by atoms with Crippen LogP contribution in [0.15, 0.2) is 0 Å². The minimum atomic E-state index is -5.46. The van der Waals surface area contributed by atoms with Gasteiger partial charge in [-0.2, -0.15) is 26.3 Å². The molecule has 0 aromatic heterocycles. The third-order valence-electron chi connectivity index (χ3n) is 3.93.